The van der Waals surface area contributed by atoms with Crippen molar-refractivity contribution in [1.82, 2.24) is 4.90 Å². The molecular formula is C15H17NO3S. The van der Waals surface area contributed by atoms with Crippen LogP contribution in [0.15, 0.2) is 30.3 Å². The van der Waals surface area contributed by atoms with Crippen LogP contribution in [0, 0.1) is 0 Å². The third-order valence-corrected chi connectivity index (χ3v) is 3.95. The number of likely N-dealkylation sites (tertiary alicyclic amines) is 1. The van der Waals surface area contributed by atoms with E-state index in [1.54, 1.807) is 29.2 Å². The Morgan fingerprint density at radius 2 is 1.95 bits per heavy atom. The number of carbonyl (C=O) groups is 2. The van der Waals surface area contributed by atoms with E-state index in [2.05, 4.69) is 0 Å². The summed E-state index contributed by atoms with van der Waals surface area (Å²) in [6.45, 7) is 0.662. The molecule has 1 aromatic carbocycles. The van der Waals surface area contributed by atoms with E-state index in [0.29, 0.717) is 12.1 Å². The summed E-state index contributed by atoms with van der Waals surface area (Å²) in [5, 5.41) is 8.97. The van der Waals surface area contributed by atoms with Gasteiger partial charge in [-0.2, -0.15) is 0 Å². The van der Waals surface area contributed by atoms with Crippen molar-refractivity contribution in [1.29, 1.82) is 0 Å². The molecule has 0 saturated carbocycles. The summed E-state index contributed by atoms with van der Waals surface area (Å²) in [7, 11) is 0. The quantitative estimate of drug-likeness (QED) is 0.682. The molecule has 20 heavy (non-hydrogen) atoms. The number of aliphatic carboxylic acids is 1. The molecule has 0 aromatic heterocycles. The van der Waals surface area contributed by atoms with E-state index in [4.69, 9.17) is 17.3 Å². The highest BCUT2D eigenvalue weighted by atomic mass is 32.1. The first kappa shape index (κ1) is 14.7. The highest BCUT2D eigenvalue weighted by Gasteiger charge is 2.29. The molecule has 0 amide bonds. The van der Waals surface area contributed by atoms with Crippen molar-refractivity contribution < 1.29 is 14.7 Å². The Balaban J connectivity index is 2.13. The van der Waals surface area contributed by atoms with Crippen molar-refractivity contribution >= 4 is 29.0 Å². The number of hydrogen-bond acceptors (Lipinski definition) is 3. The van der Waals surface area contributed by atoms with Crippen molar-refractivity contribution in [3.8, 4) is 0 Å². The van der Waals surface area contributed by atoms with Gasteiger partial charge in [0.15, 0.2) is 4.99 Å². The maximum Gasteiger partial charge on any atom is 0.305 e. The molecule has 0 spiro atoms. The molecule has 2 rings (SSSR count). The first-order valence-electron chi connectivity index (χ1n) is 6.71. The smallest absolute Gasteiger partial charge is 0.305 e. The first-order chi connectivity index (χ1) is 9.59. The Labute approximate surface area is 123 Å². The summed E-state index contributed by atoms with van der Waals surface area (Å²) < 4.78 is 0. The minimum Gasteiger partial charge on any atom is -0.481 e. The second-order valence-electron chi connectivity index (χ2n) is 4.94. The summed E-state index contributed by atoms with van der Waals surface area (Å²) in [5.74, 6) is -1.05. The molecule has 1 unspecified atom stereocenters. The maximum absolute atomic E-state index is 12.3. The summed E-state index contributed by atoms with van der Waals surface area (Å²) >= 11 is 5.29. The van der Waals surface area contributed by atoms with Gasteiger partial charge < -0.3 is 10.0 Å². The van der Waals surface area contributed by atoms with E-state index < -0.39 is 5.97 Å². The number of piperidine rings is 1. The molecule has 1 fully saturated rings. The molecule has 1 aromatic rings. The van der Waals surface area contributed by atoms with E-state index in [9.17, 15) is 9.59 Å². The van der Waals surface area contributed by atoms with E-state index in [-0.39, 0.29) is 23.2 Å². The number of hydrogen-bond donors (Lipinski definition) is 1. The SMILES string of the molecule is O=C(O)CC1CCCCN1C(=S)C(=O)c1ccccc1. The third-order valence-electron chi connectivity index (χ3n) is 3.53. The van der Waals surface area contributed by atoms with Gasteiger partial charge in [0.2, 0.25) is 5.78 Å². The van der Waals surface area contributed by atoms with Gasteiger partial charge in [0.1, 0.15) is 0 Å². The van der Waals surface area contributed by atoms with E-state index in [0.717, 1.165) is 19.3 Å². The zero-order valence-electron chi connectivity index (χ0n) is 11.1. The van der Waals surface area contributed by atoms with E-state index in [1.807, 2.05) is 6.07 Å². The van der Waals surface area contributed by atoms with Crippen LogP contribution in [0.4, 0.5) is 0 Å². The van der Waals surface area contributed by atoms with Gasteiger partial charge in [-0.3, -0.25) is 9.59 Å². The topological polar surface area (TPSA) is 57.6 Å². The van der Waals surface area contributed by atoms with Gasteiger partial charge in [-0.05, 0) is 19.3 Å². The molecule has 4 nitrogen and oxygen atoms in total. The van der Waals surface area contributed by atoms with Crippen LogP contribution in [0.5, 0.6) is 0 Å². The number of carboxylic acids is 1. The molecule has 0 aliphatic carbocycles. The molecule has 1 aliphatic heterocycles. The van der Waals surface area contributed by atoms with Gasteiger partial charge in [0.05, 0.1) is 6.42 Å². The Morgan fingerprint density at radius 1 is 1.25 bits per heavy atom. The van der Waals surface area contributed by atoms with Crippen LogP contribution >= 0.6 is 12.2 Å². The summed E-state index contributed by atoms with van der Waals surface area (Å²) in [5.41, 5.74) is 0.553. The number of thiocarbonyl (C=S) groups is 1. The van der Waals surface area contributed by atoms with Crippen LogP contribution in [0.25, 0.3) is 0 Å². The molecule has 1 N–H and O–H groups in total. The second-order valence-corrected chi connectivity index (χ2v) is 5.33. The van der Waals surface area contributed by atoms with Crippen LogP contribution in [0.1, 0.15) is 36.0 Å². The molecule has 5 heteroatoms. The Bertz CT molecular complexity index is 515. The number of benzene rings is 1. The molecule has 1 aliphatic rings. The fourth-order valence-corrected chi connectivity index (χ4v) is 2.88. The van der Waals surface area contributed by atoms with Crippen LogP contribution in [0.2, 0.25) is 0 Å². The second kappa shape index (κ2) is 6.61. The largest absolute Gasteiger partial charge is 0.481 e. The van der Waals surface area contributed by atoms with Crippen molar-refractivity contribution in [2.24, 2.45) is 0 Å². The van der Waals surface area contributed by atoms with Crippen LogP contribution in [-0.4, -0.2) is 39.3 Å². The molecule has 0 bridgehead atoms. The fourth-order valence-electron chi connectivity index (χ4n) is 2.53. The lowest BCUT2D eigenvalue weighted by Crippen LogP contribution is -2.46. The summed E-state index contributed by atoms with van der Waals surface area (Å²) in [6.07, 6.45) is 2.73. The van der Waals surface area contributed by atoms with Gasteiger partial charge in [0.25, 0.3) is 0 Å². The van der Waals surface area contributed by atoms with Gasteiger partial charge in [-0.15, -0.1) is 0 Å². The molecule has 0 radical (unpaired) electrons. The van der Waals surface area contributed by atoms with Crippen molar-refractivity contribution in [2.45, 2.75) is 31.7 Å². The van der Waals surface area contributed by atoms with E-state index in [1.165, 1.54) is 0 Å². The monoisotopic (exact) mass is 291 g/mol. The molecular weight excluding hydrogens is 274 g/mol. The fraction of sp³-hybridized carbons (Fsp3) is 0.400. The lowest BCUT2D eigenvalue weighted by molar-refractivity contribution is -0.138. The zero-order valence-corrected chi connectivity index (χ0v) is 11.9. The number of nitrogens with zero attached hydrogens (tertiary/aromatic N) is 1. The van der Waals surface area contributed by atoms with Gasteiger partial charge in [0, 0.05) is 18.2 Å². The van der Waals surface area contributed by atoms with Crippen molar-refractivity contribution in [3.63, 3.8) is 0 Å². The van der Waals surface area contributed by atoms with Gasteiger partial charge >= 0.3 is 5.97 Å². The lowest BCUT2D eigenvalue weighted by Gasteiger charge is -2.36. The molecule has 1 saturated heterocycles. The predicted octanol–water partition coefficient (Wildman–Crippen LogP) is 2.53. The van der Waals surface area contributed by atoms with Crippen LogP contribution in [-0.2, 0) is 4.79 Å². The Morgan fingerprint density at radius 3 is 2.60 bits per heavy atom. The average molecular weight is 291 g/mol. The zero-order chi connectivity index (χ0) is 14.5. The Kier molecular flexibility index (Phi) is 4.84. The number of rotatable bonds is 4. The third kappa shape index (κ3) is 3.42. The highest BCUT2D eigenvalue weighted by Crippen LogP contribution is 2.21. The minimum atomic E-state index is -0.850. The van der Waals surface area contributed by atoms with E-state index >= 15 is 0 Å². The molecule has 1 atom stereocenters. The minimum absolute atomic E-state index is 0.0300. The lowest BCUT2D eigenvalue weighted by atomic mass is 9.98. The van der Waals surface area contributed by atoms with Crippen LogP contribution in [0.3, 0.4) is 0 Å². The highest BCUT2D eigenvalue weighted by molar-refractivity contribution is 7.82. The summed E-state index contributed by atoms with van der Waals surface area (Å²) in [4.78, 5) is 25.3. The average Bonchev–Trinajstić information content (AvgIpc) is 2.46. The van der Waals surface area contributed by atoms with Crippen molar-refractivity contribution in [2.75, 3.05) is 6.54 Å². The number of Topliss-reactive ketones (excluding diaryl/α,β-unsaturated/α-hetero) is 1. The maximum atomic E-state index is 12.3. The van der Waals surface area contributed by atoms with Gasteiger partial charge in [-0.25, -0.2) is 0 Å². The number of carboxylic acid groups (broad SMARTS) is 1. The standard InChI is InChI=1S/C15H17NO3S/c17-13(18)10-12-8-4-5-9-16(12)15(20)14(19)11-6-2-1-3-7-11/h1-3,6-7,12H,4-5,8-10H2,(H,17,18). The van der Waals surface area contributed by atoms with Gasteiger partial charge in [-0.1, -0.05) is 42.5 Å². The number of carbonyl (C=O) groups excluding carboxylic acids is 1. The predicted molar refractivity (Wildman–Crippen MR) is 80.0 cm³/mol. The van der Waals surface area contributed by atoms with Crippen LogP contribution < -0.4 is 0 Å². The number of ketones is 1. The molecule has 1 heterocycles. The Hall–Kier alpha value is -1.75. The first-order valence-corrected chi connectivity index (χ1v) is 7.12. The summed E-state index contributed by atoms with van der Waals surface area (Å²) in [6, 6.07) is 8.71. The molecule has 106 valence electrons. The van der Waals surface area contributed by atoms with Crippen molar-refractivity contribution in [3.05, 3.63) is 35.9 Å². The normalized spacial score (nSPS) is 18.6.